The molecule has 20 heavy (non-hydrogen) atoms. The topological polar surface area (TPSA) is 29.3 Å². The van der Waals surface area contributed by atoms with Gasteiger partial charge in [0.1, 0.15) is 0 Å². The third-order valence-corrected chi connectivity index (χ3v) is 4.48. The molecule has 0 saturated carbocycles. The number of nitrogens with one attached hydrogen (secondary N) is 1. The van der Waals surface area contributed by atoms with Gasteiger partial charge in [0.2, 0.25) is 0 Å². The van der Waals surface area contributed by atoms with Crippen molar-refractivity contribution in [1.29, 1.82) is 0 Å². The molecular formula is C16H19N3S. The van der Waals surface area contributed by atoms with Gasteiger partial charge in [-0.2, -0.15) is 0 Å². The van der Waals surface area contributed by atoms with Gasteiger partial charge in [-0.1, -0.05) is 37.3 Å². The number of nitrogens with zero attached hydrogens (tertiary/aromatic N) is 2. The van der Waals surface area contributed by atoms with E-state index in [1.807, 2.05) is 7.05 Å². The van der Waals surface area contributed by atoms with Crippen LogP contribution in [0.15, 0.2) is 48.1 Å². The Morgan fingerprint density at radius 2 is 2.10 bits per heavy atom. The second-order valence-electron chi connectivity index (χ2n) is 5.18. The smallest absolute Gasteiger partial charge is 0.193 e. The zero-order valence-electron chi connectivity index (χ0n) is 11.8. The molecular weight excluding hydrogens is 266 g/mol. The standard InChI is InChI=1S/C16H19N3S/c1-12(15(17-2)13-6-4-3-5-7-13)10-14-11-19-8-9-20-16(19)18-14/h3-9,11-12,15,17H,10H2,1-2H3. The monoisotopic (exact) mass is 285 g/mol. The van der Waals surface area contributed by atoms with E-state index in [1.54, 1.807) is 11.3 Å². The average Bonchev–Trinajstić information content (AvgIpc) is 3.01. The van der Waals surface area contributed by atoms with Gasteiger partial charge in [0.15, 0.2) is 4.96 Å². The van der Waals surface area contributed by atoms with Gasteiger partial charge in [-0.05, 0) is 24.9 Å². The first-order valence-corrected chi connectivity index (χ1v) is 7.79. The Hall–Kier alpha value is -1.65. The van der Waals surface area contributed by atoms with Crippen molar-refractivity contribution in [1.82, 2.24) is 14.7 Å². The van der Waals surface area contributed by atoms with Crippen LogP contribution in [0.3, 0.4) is 0 Å². The summed E-state index contributed by atoms with van der Waals surface area (Å²) in [6, 6.07) is 11.0. The predicted octanol–water partition coefficient (Wildman–Crippen LogP) is 3.54. The molecule has 0 spiro atoms. The summed E-state index contributed by atoms with van der Waals surface area (Å²) in [6.45, 7) is 2.28. The summed E-state index contributed by atoms with van der Waals surface area (Å²) in [5.74, 6) is 0.493. The fraction of sp³-hybridized carbons (Fsp3) is 0.312. The Kier molecular flexibility index (Phi) is 3.85. The lowest BCUT2D eigenvalue weighted by Gasteiger charge is -2.23. The zero-order valence-corrected chi connectivity index (χ0v) is 12.6. The van der Waals surface area contributed by atoms with Crippen LogP contribution in [0.1, 0.15) is 24.2 Å². The van der Waals surface area contributed by atoms with Crippen molar-refractivity contribution in [2.45, 2.75) is 19.4 Å². The first-order chi connectivity index (χ1) is 9.78. The van der Waals surface area contributed by atoms with Crippen molar-refractivity contribution in [2.24, 2.45) is 5.92 Å². The molecule has 0 radical (unpaired) electrons. The molecule has 1 N–H and O–H groups in total. The second kappa shape index (κ2) is 5.77. The molecule has 0 fully saturated rings. The summed E-state index contributed by atoms with van der Waals surface area (Å²) in [4.78, 5) is 5.75. The van der Waals surface area contributed by atoms with E-state index in [2.05, 4.69) is 69.7 Å². The second-order valence-corrected chi connectivity index (χ2v) is 6.06. The zero-order chi connectivity index (χ0) is 13.9. The minimum atomic E-state index is 0.357. The highest BCUT2D eigenvalue weighted by Crippen LogP contribution is 2.25. The lowest BCUT2D eigenvalue weighted by molar-refractivity contribution is 0.406. The maximum Gasteiger partial charge on any atom is 0.193 e. The highest BCUT2D eigenvalue weighted by molar-refractivity contribution is 7.15. The molecule has 0 amide bonds. The van der Waals surface area contributed by atoms with Crippen LogP contribution < -0.4 is 5.32 Å². The van der Waals surface area contributed by atoms with Crippen LogP contribution in [0.4, 0.5) is 0 Å². The Morgan fingerprint density at radius 1 is 1.30 bits per heavy atom. The number of imidazole rings is 1. The van der Waals surface area contributed by atoms with Gasteiger partial charge in [-0.3, -0.25) is 4.40 Å². The molecule has 0 aliphatic carbocycles. The summed E-state index contributed by atoms with van der Waals surface area (Å²) in [5.41, 5.74) is 2.50. The quantitative estimate of drug-likeness (QED) is 0.777. The first-order valence-electron chi connectivity index (χ1n) is 6.91. The molecule has 2 unspecified atom stereocenters. The van der Waals surface area contributed by atoms with Crippen molar-refractivity contribution in [3.63, 3.8) is 0 Å². The van der Waals surface area contributed by atoms with Gasteiger partial charge in [-0.15, -0.1) is 11.3 Å². The van der Waals surface area contributed by atoms with Crippen molar-refractivity contribution >= 4 is 16.3 Å². The highest BCUT2D eigenvalue weighted by Gasteiger charge is 2.19. The van der Waals surface area contributed by atoms with E-state index in [0.29, 0.717) is 12.0 Å². The molecule has 3 nitrogen and oxygen atoms in total. The molecule has 1 aromatic carbocycles. The van der Waals surface area contributed by atoms with E-state index in [1.165, 1.54) is 11.3 Å². The van der Waals surface area contributed by atoms with Crippen LogP contribution in [-0.2, 0) is 6.42 Å². The maximum absolute atomic E-state index is 4.68. The van der Waals surface area contributed by atoms with E-state index in [0.717, 1.165) is 11.4 Å². The van der Waals surface area contributed by atoms with Crippen molar-refractivity contribution in [2.75, 3.05) is 7.05 Å². The van der Waals surface area contributed by atoms with E-state index in [-0.39, 0.29) is 0 Å². The Morgan fingerprint density at radius 3 is 2.80 bits per heavy atom. The average molecular weight is 285 g/mol. The Labute approximate surface area is 123 Å². The summed E-state index contributed by atoms with van der Waals surface area (Å²) in [6.07, 6.45) is 5.18. The lowest BCUT2D eigenvalue weighted by atomic mass is 9.91. The van der Waals surface area contributed by atoms with Gasteiger partial charge in [-0.25, -0.2) is 4.98 Å². The molecule has 2 heterocycles. The van der Waals surface area contributed by atoms with Crippen molar-refractivity contribution in [3.05, 3.63) is 59.4 Å². The van der Waals surface area contributed by atoms with Gasteiger partial charge < -0.3 is 5.32 Å². The number of thiazole rings is 1. The van der Waals surface area contributed by atoms with Crippen LogP contribution >= 0.6 is 11.3 Å². The molecule has 2 aromatic heterocycles. The van der Waals surface area contributed by atoms with E-state index in [4.69, 9.17) is 0 Å². The third-order valence-electron chi connectivity index (χ3n) is 3.71. The van der Waals surface area contributed by atoms with E-state index in [9.17, 15) is 0 Å². The Balaban J connectivity index is 1.77. The molecule has 0 bridgehead atoms. The minimum Gasteiger partial charge on any atom is -0.313 e. The molecule has 2 atom stereocenters. The number of hydrogen-bond donors (Lipinski definition) is 1. The predicted molar refractivity (Wildman–Crippen MR) is 84.2 cm³/mol. The number of benzene rings is 1. The minimum absolute atomic E-state index is 0.357. The maximum atomic E-state index is 4.68. The Bertz CT molecular complexity index is 643. The molecule has 3 rings (SSSR count). The number of aromatic nitrogens is 2. The molecule has 0 saturated heterocycles. The highest BCUT2D eigenvalue weighted by atomic mass is 32.1. The van der Waals surface area contributed by atoms with Gasteiger partial charge >= 0.3 is 0 Å². The van der Waals surface area contributed by atoms with Crippen molar-refractivity contribution < 1.29 is 0 Å². The summed E-state index contributed by atoms with van der Waals surface area (Å²) in [7, 11) is 2.03. The summed E-state index contributed by atoms with van der Waals surface area (Å²) in [5, 5.41) is 5.50. The van der Waals surface area contributed by atoms with Crippen LogP contribution in [0.2, 0.25) is 0 Å². The van der Waals surface area contributed by atoms with Crippen LogP contribution in [0.5, 0.6) is 0 Å². The fourth-order valence-corrected chi connectivity index (χ4v) is 3.48. The number of fused-ring (bicyclic) bond motifs is 1. The number of rotatable bonds is 5. The lowest BCUT2D eigenvalue weighted by Crippen LogP contribution is -2.24. The first kappa shape index (κ1) is 13.3. The largest absolute Gasteiger partial charge is 0.313 e. The fourth-order valence-electron chi connectivity index (χ4n) is 2.76. The number of hydrogen-bond acceptors (Lipinski definition) is 3. The van der Waals surface area contributed by atoms with Crippen LogP contribution in [-0.4, -0.2) is 16.4 Å². The van der Waals surface area contributed by atoms with Crippen LogP contribution in [0, 0.1) is 5.92 Å². The van der Waals surface area contributed by atoms with E-state index >= 15 is 0 Å². The summed E-state index contributed by atoms with van der Waals surface area (Å²) < 4.78 is 2.10. The molecule has 4 heteroatoms. The molecule has 0 aliphatic heterocycles. The third kappa shape index (κ3) is 2.62. The van der Waals surface area contributed by atoms with Gasteiger partial charge in [0, 0.05) is 23.8 Å². The van der Waals surface area contributed by atoms with Gasteiger partial charge in [0.05, 0.1) is 5.69 Å². The van der Waals surface area contributed by atoms with E-state index < -0.39 is 0 Å². The van der Waals surface area contributed by atoms with Crippen LogP contribution in [0.25, 0.3) is 4.96 Å². The SMILES string of the molecule is CNC(c1ccccc1)C(C)Cc1cn2ccsc2n1. The molecule has 3 aromatic rings. The van der Waals surface area contributed by atoms with Gasteiger partial charge in [0.25, 0.3) is 0 Å². The normalized spacial score (nSPS) is 14.5. The molecule has 0 aliphatic rings. The summed E-state index contributed by atoms with van der Waals surface area (Å²) >= 11 is 1.68. The molecule has 104 valence electrons. The van der Waals surface area contributed by atoms with Crippen molar-refractivity contribution in [3.8, 4) is 0 Å².